The lowest BCUT2D eigenvalue weighted by Crippen LogP contribution is -2.40. The Morgan fingerprint density at radius 1 is 0.509 bits per heavy atom. The summed E-state index contributed by atoms with van der Waals surface area (Å²) in [4.78, 5) is 36.4. The Labute approximate surface area is 340 Å². The number of allylic oxidation sites excluding steroid dienone is 2. The highest BCUT2D eigenvalue weighted by Gasteiger charge is 2.19. The number of carbonyl (C=O) groups excluding carboxylic acids is 2. The summed E-state index contributed by atoms with van der Waals surface area (Å²) in [6.45, 7) is 4.95. The van der Waals surface area contributed by atoms with Gasteiger partial charge in [0.05, 0.1) is 0 Å². The number of nitrogens with one attached hydrogen (secondary N) is 1. The van der Waals surface area contributed by atoms with E-state index in [4.69, 9.17) is 10.5 Å². The van der Waals surface area contributed by atoms with E-state index in [9.17, 15) is 19.5 Å². The van der Waals surface area contributed by atoms with Crippen molar-refractivity contribution in [2.75, 3.05) is 6.54 Å². The molecule has 0 aliphatic carbocycles. The van der Waals surface area contributed by atoms with E-state index < -0.39 is 12.0 Å². The van der Waals surface area contributed by atoms with E-state index in [1.807, 2.05) is 0 Å². The molecule has 0 aliphatic heterocycles. The summed E-state index contributed by atoms with van der Waals surface area (Å²) in [6, 6.07) is -0.853. The molecule has 2 unspecified atom stereocenters. The molecule has 324 valence electrons. The summed E-state index contributed by atoms with van der Waals surface area (Å²) in [6.07, 6.45) is 48.4. The number of carboxylic acids is 1. The lowest BCUT2D eigenvalue weighted by molar-refractivity contribution is -0.150. The van der Waals surface area contributed by atoms with E-state index in [1.54, 1.807) is 0 Å². The maximum absolute atomic E-state index is 12.8. The average molecular weight is 777 g/mol. The van der Waals surface area contributed by atoms with Crippen LogP contribution in [0.4, 0.5) is 0 Å². The van der Waals surface area contributed by atoms with Crippen LogP contribution < -0.4 is 11.1 Å². The number of amides is 1. The SMILES string of the molecule is CCCCCCCCCC/C=C\CCCCCCCCCCCC(=O)OC(CCCCCCCCCC)CCCCCCCC(=O)NC(CCCN)C(=O)O. The summed E-state index contributed by atoms with van der Waals surface area (Å²) in [5, 5.41) is 11.9. The quantitative estimate of drug-likeness (QED) is 0.0322. The van der Waals surface area contributed by atoms with Gasteiger partial charge in [0.1, 0.15) is 12.1 Å². The molecule has 7 heteroatoms. The molecule has 0 aliphatic rings. The molecular formula is C48H92N2O5. The zero-order valence-corrected chi connectivity index (χ0v) is 36.5. The zero-order chi connectivity index (χ0) is 40.3. The third-order valence-electron chi connectivity index (χ3n) is 11.1. The second kappa shape index (κ2) is 43.2. The van der Waals surface area contributed by atoms with Gasteiger partial charge in [-0.05, 0) is 83.6 Å². The van der Waals surface area contributed by atoms with Crippen LogP contribution in [0, 0.1) is 0 Å². The predicted molar refractivity (Wildman–Crippen MR) is 234 cm³/mol. The second-order valence-electron chi connectivity index (χ2n) is 16.5. The lowest BCUT2D eigenvalue weighted by atomic mass is 10.0. The summed E-state index contributed by atoms with van der Waals surface area (Å²) in [7, 11) is 0. The Kier molecular flexibility index (Phi) is 41.8. The fourth-order valence-corrected chi connectivity index (χ4v) is 7.45. The van der Waals surface area contributed by atoms with E-state index in [2.05, 4.69) is 31.3 Å². The first-order chi connectivity index (χ1) is 26.9. The molecule has 0 aromatic heterocycles. The highest BCUT2D eigenvalue weighted by Crippen LogP contribution is 2.19. The molecular weight excluding hydrogens is 685 g/mol. The van der Waals surface area contributed by atoms with Crippen LogP contribution >= 0.6 is 0 Å². The number of rotatable bonds is 44. The Morgan fingerprint density at radius 3 is 1.31 bits per heavy atom. The summed E-state index contributed by atoms with van der Waals surface area (Å²) >= 11 is 0. The van der Waals surface area contributed by atoms with Crippen LogP contribution in [0.15, 0.2) is 12.2 Å². The zero-order valence-electron chi connectivity index (χ0n) is 36.5. The van der Waals surface area contributed by atoms with Gasteiger partial charge in [0.2, 0.25) is 5.91 Å². The molecule has 0 aromatic rings. The van der Waals surface area contributed by atoms with Gasteiger partial charge < -0.3 is 20.9 Å². The van der Waals surface area contributed by atoms with E-state index in [0.717, 1.165) is 64.2 Å². The number of carboxylic acid groups (broad SMARTS) is 1. The number of esters is 1. The third kappa shape index (κ3) is 40.1. The minimum absolute atomic E-state index is 0.0187. The first-order valence-corrected chi connectivity index (χ1v) is 24.0. The minimum Gasteiger partial charge on any atom is -0.480 e. The second-order valence-corrected chi connectivity index (χ2v) is 16.5. The fraction of sp³-hybridized carbons (Fsp3) is 0.896. The van der Waals surface area contributed by atoms with Gasteiger partial charge in [-0.3, -0.25) is 9.59 Å². The molecule has 1 amide bonds. The molecule has 0 fully saturated rings. The Morgan fingerprint density at radius 2 is 0.891 bits per heavy atom. The van der Waals surface area contributed by atoms with Crippen molar-refractivity contribution in [2.24, 2.45) is 5.73 Å². The lowest BCUT2D eigenvalue weighted by Gasteiger charge is -2.18. The highest BCUT2D eigenvalue weighted by atomic mass is 16.5. The molecule has 0 bridgehead atoms. The van der Waals surface area contributed by atoms with Crippen LogP contribution in [-0.4, -0.2) is 41.6 Å². The van der Waals surface area contributed by atoms with E-state index in [-0.39, 0.29) is 18.0 Å². The van der Waals surface area contributed by atoms with Crippen molar-refractivity contribution in [1.82, 2.24) is 5.32 Å². The number of unbranched alkanes of at least 4 members (excludes halogenated alkanes) is 28. The minimum atomic E-state index is -1.00. The molecule has 4 N–H and O–H groups in total. The highest BCUT2D eigenvalue weighted by molar-refractivity contribution is 5.83. The Hall–Kier alpha value is -1.89. The molecule has 0 heterocycles. The molecule has 7 nitrogen and oxygen atoms in total. The number of aliphatic carboxylic acids is 1. The molecule has 0 radical (unpaired) electrons. The fourth-order valence-electron chi connectivity index (χ4n) is 7.45. The first kappa shape index (κ1) is 53.1. The number of nitrogens with two attached hydrogens (primary N) is 1. The largest absolute Gasteiger partial charge is 0.480 e. The van der Waals surface area contributed by atoms with Crippen molar-refractivity contribution in [1.29, 1.82) is 0 Å². The third-order valence-corrected chi connectivity index (χ3v) is 11.1. The van der Waals surface area contributed by atoms with Crippen LogP contribution in [-0.2, 0) is 19.1 Å². The monoisotopic (exact) mass is 777 g/mol. The summed E-state index contributed by atoms with van der Waals surface area (Å²) in [5.41, 5.74) is 5.49. The van der Waals surface area contributed by atoms with Crippen molar-refractivity contribution in [3.8, 4) is 0 Å². The van der Waals surface area contributed by atoms with Gasteiger partial charge in [0, 0.05) is 12.8 Å². The molecule has 0 saturated heterocycles. The van der Waals surface area contributed by atoms with Gasteiger partial charge >= 0.3 is 11.9 Å². The smallest absolute Gasteiger partial charge is 0.326 e. The van der Waals surface area contributed by atoms with Crippen LogP contribution in [0.1, 0.15) is 258 Å². The Balaban J connectivity index is 4.08. The number of hydrogen-bond acceptors (Lipinski definition) is 5. The van der Waals surface area contributed by atoms with Crippen LogP contribution in [0.2, 0.25) is 0 Å². The van der Waals surface area contributed by atoms with Crippen molar-refractivity contribution in [3.63, 3.8) is 0 Å². The van der Waals surface area contributed by atoms with Gasteiger partial charge in [-0.15, -0.1) is 0 Å². The van der Waals surface area contributed by atoms with Gasteiger partial charge in [-0.2, -0.15) is 0 Å². The molecule has 2 atom stereocenters. The van der Waals surface area contributed by atoms with Gasteiger partial charge in [-0.1, -0.05) is 180 Å². The number of ether oxygens (including phenoxy) is 1. The van der Waals surface area contributed by atoms with Crippen molar-refractivity contribution in [2.45, 2.75) is 270 Å². The summed E-state index contributed by atoms with van der Waals surface area (Å²) in [5.74, 6) is -1.22. The Bertz CT molecular complexity index is 878. The standard InChI is InChI=1S/C48H92N2O5/c1-3-5-7-9-11-13-14-15-16-17-18-19-20-21-22-23-24-25-27-32-36-42-47(52)55-44(38-33-29-26-12-10-8-6-4-2)39-34-30-28-31-35-41-46(51)50-45(48(53)54)40-37-43-49/h17-18,44-45H,3-16,19-43,49H2,1-2H3,(H,50,51)(H,53,54)/b18-17-. The molecule has 0 saturated carbocycles. The molecule has 55 heavy (non-hydrogen) atoms. The topological polar surface area (TPSA) is 119 Å². The normalized spacial score (nSPS) is 12.6. The van der Waals surface area contributed by atoms with Crippen LogP contribution in [0.5, 0.6) is 0 Å². The molecule has 0 spiro atoms. The van der Waals surface area contributed by atoms with Crippen molar-refractivity contribution in [3.05, 3.63) is 12.2 Å². The van der Waals surface area contributed by atoms with E-state index in [1.165, 1.54) is 154 Å². The van der Waals surface area contributed by atoms with E-state index in [0.29, 0.717) is 32.2 Å². The van der Waals surface area contributed by atoms with Crippen LogP contribution in [0.25, 0.3) is 0 Å². The van der Waals surface area contributed by atoms with Crippen LogP contribution in [0.3, 0.4) is 0 Å². The van der Waals surface area contributed by atoms with Crippen molar-refractivity contribution < 1.29 is 24.2 Å². The maximum atomic E-state index is 12.8. The van der Waals surface area contributed by atoms with E-state index >= 15 is 0 Å². The number of hydrogen-bond donors (Lipinski definition) is 3. The van der Waals surface area contributed by atoms with Gasteiger partial charge in [-0.25, -0.2) is 4.79 Å². The number of carbonyl (C=O) groups is 3. The maximum Gasteiger partial charge on any atom is 0.326 e. The summed E-state index contributed by atoms with van der Waals surface area (Å²) < 4.78 is 6.04. The first-order valence-electron chi connectivity index (χ1n) is 24.0. The van der Waals surface area contributed by atoms with Gasteiger partial charge in [0.25, 0.3) is 0 Å². The molecule has 0 aromatic carbocycles. The predicted octanol–water partition coefficient (Wildman–Crippen LogP) is 13.8. The van der Waals surface area contributed by atoms with Gasteiger partial charge in [0.15, 0.2) is 0 Å². The van der Waals surface area contributed by atoms with Crippen molar-refractivity contribution >= 4 is 17.8 Å². The average Bonchev–Trinajstić information content (AvgIpc) is 3.17. The molecule has 0 rings (SSSR count).